The van der Waals surface area contributed by atoms with E-state index in [4.69, 9.17) is 4.74 Å². The summed E-state index contributed by atoms with van der Waals surface area (Å²) < 4.78 is 4.86. The van der Waals surface area contributed by atoms with Crippen LogP contribution in [-0.4, -0.2) is 13.1 Å². The fourth-order valence-electron chi connectivity index (χ4n) is 2.88. The Kier molecular flexibility index (Phi) is 8.68. The van der Waals surface area contributed by atoms with E-state index in [0.29, 0.717) is 5.57 Å². The minimum absolute atomic E-state index is 0.168. The molecule has 0 aliphatic heterocycles. The van der Waals surface area contributed by atoms with Gasteiger partial charge in [0.1, 0.15) is 0 Å². The number of esters is 1. The van der Waals surface area contributed by atoms with E-state index in [1.807, 2.05) is 0 Å². The first-order valence-electron chi connectivity index (χ1n) is 8.68. The first-order valence-corrected chi connectivity index (χ1v) is 8.68. The van der Waals surface area contributed by atoms with Crippen LogP contribution < -0.4 is 0 Å². The Morgan fingerprint density at radius 1 is 1.00 bits per heavy atom. The molecule has 0 aromatic rings. The van der Waals surface area contributed by atoms with Gasteiger partial charge in [0.25, 0.3) is 0 Å². The Balaban J connectivity index is 2.88. The average molecular weight is 316 g/mol. The summed E-state index contributed by atoms with van der Waals surface area (Å²) in [5.41, 5.74) is 4.88. The number of hydrogen-bond donors (Lipinski definition) is 0. The van der Waals surface area contributed by atoms with Gasteiger partial charge in [0.15, 0.2) is 0 Å². The van der Waals surface area contributed by atoms with Crippen LogP contribution in [0.2, 0.25) is 0 Å². The van der Waals surface area contributed by atoms with Gasteiger partial charge in [-0.2, -0.15) is 0 Å². The first-order chi connectivity index (χ1) is 10.9. The molecular weight excluding hydrogens is 284 g/mol. The Morgan fingerprint density at radius 2 is 1.52 bits per heavy atom. The number of allylic oxidation sites excluding steroid dienone is 6. The van der Waals surface area contributed by atoms with Crippen molar-refractivity contribution in [3.8, 4) is 0 Å². The molecule has 0 saturated carbocycles. The highest BCUT2D eigenvalue weighted by Crippen LogP contribution is 2.25. The molecule has 0 aromatic heterocycles. The van der Waals surface area contributed by atoms with Crippen LogP contribution in [-0.2, 0) is 9.53 Å². The molecule has 2 nitrogen and oxygen atoms in total. The van der Waals surface area contributed by atoms with Gasteiger partial charge in [-0.3, -0.25) is 0 Å². The maximum absolute atomic E-state index is 11.8. The Labute approximate surface area is 142 Å². The summed E-state index contributed by atoms with van der Waals surface area (Å²) in [7, 11) is 1.43. The highest BCUT2D eigenvalue weighted by molar-refractivity contribution is 5.88. The van der Waals surface area contributed by atoms with E-state index < -0.39 is 0 Å². The lowest BCUT2D eigenvalue weighted by atomic mass is 9.89. The highest BCUT2D eigenvalue weighted by Gasteiger charge is 2.18. The largest absolute Gasteiger partial charge is 0.466 e. The lowest BCUT2D eigenvalue weighted by Crippen LogP contribution is -2.14. The Hall–Kier alpha value is -1.57. The second-order valence-electron chi connectivity index (χ2n) is 6.72. The molecule has 23 heavy (non-hydrogen) atoms. The quantitative estimate of drug-likeness (QED) is 0.359. The zero-order valence-electron chi connectivity index (χ0n) is 15.3. The fourth-order valence-corrected chi connectivity index (χ4v) is 2.88. The lowest BCUT2D eigenvalue weighted by Gasteiger charge is -2.17. The number of carbonyl (C=O) groups excluding carboxylic acids is 1. The molecule has 128 valence electrons. The second kappa shape index (κ2) is 10.3. The maximum atomic E-state index is 11.8. The van der Waals surface area contributed by atoms with E-state index in [9.17, 15) is 4.79 Å². The van der Waals surface area contributed by atoms with E-state index in [0.717, 1.165) is 44.9 Å². The lowest BCUT2D eigenvalue weighted by molar-refractivity contribution is -0.136. The van der Waals surface area contributed by atoms with E-state index in [1.54, 1.807) is 0 Å². The summed E-state index contributed by atoms with van der Waals surface area (Å²) >= 11 is 0. The zero-order valence-corrected chi connectivity index (χ0v) is 15.3. The molecule has 0 fully saturated rings. The minimum atomic E-state index is -0.276. The number of rotatable bonds is 2. The van der Waals surface area contributed by atoms with Crippen molar-refractivity contribution in [1.82, 2.24) is 0 Å². The van der Waals surface area contributed by atoms with Crippen molar-refractivity contribution >= 4 is 5.97 Å². The maximum Gasteiger partial charge on any atom is 0.333 e. The summed E-state index contributed by atoms with van der Waals surface area (Å²) in [4.78, 5) is 11.8. The summed E-state index contributed by atoms with van der Waals surface area (Å²) in [6.45, 7) is 10.6. The molecule has 0 N–H and O–H groups in total. The first kappa shape index (κ1) is 19.5. The van der Waals surface area contributed by atoms with E-state index in [2.05, 4.69) is 45.6 Å². The van der Waals surface area contributed by atoms with Crippen LogP contribution in [0, 0.1) is 5.92 Å². The monoisotopic (exact) mass is 316 g/mol. The van der Waals surface area contributed by atoms with Gasteiger partial charge in [-0.25, -0.2) is 4.79 Å². The molecule has 0 heterocycles. The van der Waals surface area contributed by atoms with Crippen molar-refractivity contribution in [2.75, 3.05) is 7.11 Å². The van der Waals surface area contributed by atoms with Gasteiger partial charge in [-0.05, 0) is 71.6 Å². The molecule has 0 aromatic carbocycles. The van der Waals surface area contributed by atoms with Crippen LogP contribution in [0.25, 0.3) is 0 Å². The van der Waals surface area contributed by atoms with Gasteiger partial charge < -0.3 is 4.74 Å². The SMILES string of the molecule is C=C(C(=O)OC)[C@@H]1C/C=C(\C)CC/C=C(\C)CC/C=C(\C)CC1. The molecule has 1 aliphatic rings. The summed E-state index contributed by atoms with van der Waals surface area (Å²) in [5, 5.41) is 0. The number of carbonyl (C=O) groups is 1. The van der Waals surface area contributed by atoms with Gasteiger partial charge >= 0.3 is 5.97 Å². The van der Waals surface area contributed by atoms with Crippen molar-refractivity contribution in [3.63, 3.8) is 0 Å². The van der Waals surface area contributed by atoms with Crippen LogP contribution in [0.5, 0.6) is 0 Å². The molecule has 0 amide bonds. The topological polar surface area (TPSA) is 26.3 Å². The van der Waals surface area contributed by atoms with Crippen molar-refractivity contribution < 1.29 is 9.53 Å². The van der Waals surface area contributed by atoms with E-state index >= 15 is 0 Å². The van der Waals surface area contributed by atoms with Crippen molar-refractivity contribution in [1.29, 1.82) is 0 Å². The van der Waals surface area contributed by atoms with E-state index in [-0.39, 0.29) is 11.9 Å². The Bertz CT molecular complexity index is 506. The fraction of sp³-hybridized carbons (Fsp3) is 0.571. The number of methoxy groups -OCH3 is 1. The molecule has 1 aliphatic carbocycles. The third kappa shape index (κ3) is 7.49. The Morgan fingerprint density at radius 3 is 2.09 bits per heavy atom. The second-order valence-corrected chi connectivity index (χ2v) is 6.72. The molecule has 0 spiro atoms. The molecular formula is C21H32O2. The number of hydrogen-bond acceptors (Lipinski definition) is 2. The normalized spacial score (nSPS) is 28.2. The average Bonchev–Trinajstić information content (AvgIpc) is 2.52. The molecule has 2 heteroatoms. The van der Waals surface area contributed by atoms with Crippen molar-refractivity contribution in [2.45, 2.75) is 65.7 Å². The molecule has 0 bridgehead atoms. The van der Waals surface area contributed by atoms with Crippen LogP contribution in [0.1, 0.15) is 65.7 Å². The van der Waals surface area contributed by atoms with Gasteiger partial charge in [0.2, 0.25) is 0 Å². The zero-order chi connectivity index (χ0) is 17.2. The van der Waals surface area contributed by atoms with Gasteiger partial charge in [0.05, 0.1) is 7.11 Å². The third-order valence-electron chi connectivity index (χ3n) is 4.64. The summed E-state index contributed by atoms with van der Waals surface area (Å²) in [5.74, 6) is -0.108. The van der Waals surface area contributed by atoms with Gasteiger partial charge in [0, 0.05) is 5.57 Å². The van der Waals surface area contributed by atoms with E-state index in [1.165, 1.54) is 23.8 Å². The smallest absolute Gasteiger partial charge is 0.333 e. The van der Waals surface area contributed by atoms with Crippen molar-refractivity contribution in [2.24, 2.45) is 5.92 Å². The summed E-state index contributed by atoms with van der Waals surface area (Å²) in [6, 6.07) is 0. The van der Waals surface area contributed by atoms with Crippen LogP contribution in [0.3, 0.4) is 0 Å². The minimum Gasteiger partial charge on any atom is -0.466 e. The van der Waals surface area contributed by atoms with Crippen molar-refractivity contribution in [3.05, 3.63) is 47.1 Å². The highest BCUT2D eigenvalue weighted by atomic mass is 16.5. The molecule has 0 unspecified atom stereocenters. The molecule has 0 radical (unpaired) electrons. The predicted molar refractivity (Wildman–Crippen MR) is 98.2 cm³/mol. The number of ether oxygens (including phenoxy) is 1. The summed E-state index contributed by atoms with van der Waals surface area (Å²) in [6.07, 6.45) is 14.2. The van der Waals surface area contributed by atoms with Crippen LogP contribution in [0.15, 0.2) is 47.1 Å². The predicted octanol–water partition coefficient (Wildman–Crippen LogP) is 5.92. The standard InChI is InChI=1S/C21H32O2/c1-16-8-6-10-17(2)12-14-20(19(4)21(22)23-5)15-13-18(3)11-7-9-16/h8,11-12,20H,4,6-7,9-10,13-15H2,1-3,5H3/b16-8+,17-12+,18-11+/t20-/m1/s1. The van der Waals surface area contributed by atoms with Crippen LogP contribution >= 0.6 is 0 Å². The third-order valence-corrected chi connectivity index (χ3v) is 4.64. The van der Waals surface area contributed by atoms with Gasteiger partial charge in [-0.1, -0.05) is 41.5 Å². The molecule has 1 atom stereocenters. The van der Waals surface area contributed by atoms with Crippen LogP contribution in [0.4, 0.5) is 0 Å². The molecule has 0 saturated heterocycles. The van der Waals surface area contributed by atoms with Gasteiger partial charge in [-0.15, -0.1) is 0 Å². The molecule has 1 rings (SSSR count).